The van der Waals surface area contributed by atoms with Crippen molar-refractivity contribution in [1.82, 2.24) is 0 Å². The van der Waals surface area contributed by atoms with Crippen LogP contribution in [0.2, 0.25) is 0 Å². The molecule has 5 nitrogen and oxygen atoms in total. The normalized spacial score (nSPS) is 24.5. The largest absolute Gasteiger partial charge is 0.455 e. The standard InChI is InChI=1S/C25H27NO4/c1-15-7-6-10-20(16(15)2)26-21(27)14-30-25(29)23-19-12-11-18(13-19)22(23)24(28)17-8-4-3-5-9-17/h3-10,18-19,22-23H,11-14H2,1-2H3,(H,26,27)/t18-,19-,22+,23+/m0/s1. The van der Waals surface area contributed by atoms with Gasteiger partial charge >= 0.3 is 5.97 Å². The molecule has 30 heavy (non-hydrogen) atoms. The molecule has 2 fully saturated rings. The van der Waals surface area contributed by atoms with Crippen LogP contribution < -0.4 is 5.32 Å². The lowest BCUT2D eigenvalue weighted by Gasteiger charge is -2.28. The number of nitrogens with one attached hydrogen (secondary N) is 1. The second kappa shape index (κ2) is 8.42. The summed E-state index contributed by atoms with van der Waals surface area (Å²) in [5.41, 5.74) is 3.42. The molecule has 2 bridgehead atoms. The van der Waals surface area contributed by atoms with Crippen LogP contribution in [0.25, 0.3) is 0 Å². The van der Waals surface area contributed by atoms with Gasteiger partial charge in [0.05, 0.1) is 5.92 Å². The zero-order chi connectivity index (χ0) is 21.3. The monoisotopic (exact) mass is 405 g/mol. The van der Waals surface area contributed by atoms with E-state index < -0.39 is 11.9 Å². The molecule has 0 heterocycles. The van der Waals surface area contributed by atoms with Gasteiger partial charge in [0.1, 0.15) is 0 Å². The number of aryl methyl sites for hydroxylation is 1. The SMILES string of the molecule is Cc1cccc(NC(=O)COC(=O)[C@@H]2[C@H]3CC[C@@H](C3)[C@H]2C(=O)c2ccccc2)c1C. The van der Waals surface area contributed by atoms with Crippen molar-refractivity contribution in [1.29, 1.82) is 0 Å². The predicted octanol–water partition coefficient (Wildman–Crippen LogP) is 4.33. The summed E-state index contributed by atoms with van der Waals surface area (Å²) in [6.45, 7) is 3.57. The summed E-state index contributed by atoms with van der Waals surface area (Å²) in [6, 6.07) is 14.8. The van der Waals surface area contributed by atoms with Crippen LogP contribution in [-0.4, -0.2) is 24.3 Å². The van der Waals surface area contributed by atoms with Crippen LogP contribution in [0.4, 0.5) is 5.69 Å². The lowest BCUT2D eigenvalue weighted by Crippen LogP contribution is -2.37. The van der Waals surface area contributed by atoms with Crippen LogP contribution in [0.1, 0.15) is 40.7 Å². The smallest absolute Gasteiger partial charge is 0.310 e. The van der Waals surface area contributed by atoms with Crippen molar-refractivity contribution in [2.24, 2.45) is 23.7 Å². The number of carbonyl (C=O) groups excluding carboxylic acids is 3. The van der Waals surface area contributed by atoms with E-state index in [9.17, 15) is 14.4 Å². The topological polar surface area (TPSA) is 72.5 Å². The average molecular weight is 405 g/mol. The maximum atomic E-state index is 13.1. The van der Waals surface area contributed by atoms with E-state index in [4.69, 9.17) is 4.74 Å². The number of hydrogen-bond donors (Lipinski definition) is 1. The lowest BCUT2D eigenvalue weighted by atomic mass is 9.75. The highest BCUT2D eigenvalue weighted by atomic mass is 16.5. The van der Waals surface area contributed by atoms with Gasteiger partial charge in [-0.3, -0.25) is 14.4 Å². The molecular formula is C25H27NO4. The summed E-state index contributed by atoms with van der Waals surface area (Å²) in [5.74, 6) is -1.18. The molecule has 2 aliphatic rings. The predicted molar refractivity (Wildman–Crippen MR) is 114 cm³/mol. The Morgan fingerprint density at radius 1 is 0.933 bits per heavy atom. The molecule has 0 aliphatic heterocycles. The Bertz CT molecular complexity index is 968. The Morgan fingerprint density at radius 2 is 1.63 bits per heavy atom. The van der Waals surface area contributed by atoms with Crippen molar-refractivity contribution in [3.8, 4) is 0 Å². The van der Waals surface area contributed by atoms with E-state index in [0.29, 0.717) is 11.3 Å². The van der Waals surface area contributed by atoms with Gasteiger partial charge in [0, 0.05) is 17.2 Å². The molecule has 4 atom stereocenters. The molecule has 4 rings (SSSR count). The van der Waals surface area contributed by atoms with Gasteiger partial charge < -0.3 is 10.1 Å². The van der Waals surface area contributed by atoms with Gasteiger partial charge in [0.15, 0.2) is 12.4 Å². The lowest BCUT2D eigenvalue weighted by molar-refractivity contribution is -0.154. The van der Waals surface area contributed by atoms with E-state index in [0.717, 1.165) is 30.4 Å². The van der Waals surface area contributed by atoms with Crippen molar-refractivity contribution in [3.63, 3.8) is 0 Å². The van der Waals surface area contributed by atoms with E-state index in [2.05, 4.69) is 5.32 Å². The Hall–Kier alpha value is -2.95. The number of fused-ring (bicyclic) bond motifs is 2. The van der Waals surface area contributed by atoms with Gasteiger partial charge in [0.2, 0.25) is 0 Å². The van der Waals surface area contributed by atoms with Gasteiger partial charge in [-0.25, -0.2) is 0 Å². The van der Waals surface area contributed by atoms with E-state index in [1.54, 1.807) is 12.1 Å². The first-order chi connectivity index (χ1) is 14.5. The number of amides is 1. The first-order valence-corrected chi connectivity index (χ1v) is 10.6. The second-order valence-corrected chi connectivity index (χ2v) is 8.52. The Morgan fingerprint density at radius 3 is 2.37 bits per heavy atom. The van der Waals surface area contributed by atoms with E-state index in [1.807, 2.05) is 50.2 Å². The van der Waals surface area contributed by atoms with Gasteiger partial charge in [-0.15, -0.1) is 0 Å². The number of esters is 1. The van der Waals surface area contributed by atoms with Gasteiger partial charge in [-0.2, -0.15) is 0 Å². The van der Waals surface area contributed by atoms with E-state index in [-0.39, 0.29) is 36.1 Å². The maximum absolute atomic E-state index is 13.1. The van der Waals surface area contributed by atoms with E-state index >= 15 is 0 Å². The third-order valence-electron chi connectivity index (χ3n) is 6.77. The van der Waals surface area contributed by atoms with Crippen molar-refractivity contribution in [2.45, 2.75) is 33.1 Å². The minimum absolute atomic E-state index is 0.0181. The van der Waals surface area contributed by atoms with Gasteiger partial charge in [-0.1, -0.05) is 42.5 Å². The summed E-state index contributed by atoms with van der Waals surface area (Å²) >= 11 is 0. The summed E-state index contributed by atoms with van der Waals surface area (Å²) in [7, 11) is 0. The number of rotatable bonds is 6. The number of hydrogen-bond acceptors (Lipinski definition) is 4. The summed E-state index contributed by atoms with van der Waals surface area (Å²) < 4.78 is 5.40. The maximum Gasteiger partial charge on any atom is 0.310 e. The summed E-state index contributed by atoms with van der Waals surface area (Å²) in [6.07, 6.45) is 2.81. The minimum atomic E-state index is -0.454. The van der Waals surface area contributed by atoms with Crippen LogP contribution in [0, 0.1) is 37.5 Å². The Labute approximate surface area is 176 Å². The first-order valence-electron chi connectivity index (χ1n) is 10.6. The molecule has 5 heteroatoms. The third-order valence-corrected chi connectivity index (χ3v) is 6.77. The van der Waals surface area contributed by atoms with Crippen LogP contribution >= 0.6 is 0 Å². The van der Waals surface area contributed by atoms with Crippen LogP contribution in [0.3, 0.4) is 0 Å². The van der Waals surface area contributed by atoms with Gasteiger partial charge in [-0.05, 0) is 62.1 Å². The fourth-order valence-electron chi connectivity index (χ4n) is 5.11. The zero-order valence-corrected chi connectivity index (χ0v) is 17.4. The highest BCUT2D eigenvalue weighted by molar-refractivity contribution is 6.01. The number of benzene rings is 2. The van der Waals surface area contributed by atoms with E-state index in [1.165, 1.54) is 0 Å². The molecule has 2 aromatic carbocycles. The van der Waals surface area contributed by atoms with Crippen LogP contribution in [-0.2, 0) is 14.3 Å². The van der Waals surface area contributed by atoms with Crippen molar-refractivity contribution in [3.05, 3.63) is 65.2 Å². The van der Waals surface area contributed by atoms with Gasteiger partial charge in [0.25, 0.3) is 5.91 Å². The molecule has 1 N–H and O–H groups in total. The molecule has 156 valence electrons. The second-order valence-electron chi connectivity index (χ2n) is 8.52. The quantitative estimate of drug-likeness (QED) is 0.573. The average Bonchev–Trinajstić information content (AvgIpc) is 3.37. The van der Waals surface area contributed by atoms with Crippen molar-refractivity contribution in [2.75, 3.05) is 11.9 Å². The Kier molecular flexibility index (Phi) is 5.71. The number of anilines is 1. The molecule has 0 aromatic heterocycles. The molecular weight excluding hydrogens is 378 g/mol. The fraction of sp³-hybridized carbons (Fsp3) is 0.400. The Balaban J connectivity index is 1.41. The van der Waals surface area contributed by atoms with Crippen molar-refractivity contribution < 1.29 is 19.1 Å². The molecule has 0 radical (unpaired) electrons. The molecule has 2 aromatic rings. The zero-order valence-electron chi connectivity index (χ0n) is 17.4. The van der Waals surface area contributed by atoms with Crippen LogP contribution in [0.15, 0.2) is 48.5 Å². The summed E-state index contributed by atoms with van der Waals surface area (Å²) in [5, 5.41) is 2.81. The third kappa shape index (κ3) is 3.89. The number of Topliss-reactive ketones (excluding diaryl/α,β-unsaturated/α-hetero) is 1. The number of carbonyl (C=O) groups is 3. The molecule has 2 saturated carbocycles. The highest BCUT2D eigenvalue weighted by Crippen LogP contribution is 2.53. The molecule has 0 saturated heterocycles. The fourth-order valence-corrected chi connectivity index (χ4v) is 5.11. The molecule has 0 unspecified atom stereocenters. The minimum Gasteiger partial charge on any atom is -0.455 e. The van der Waals surface area contributed by atoms with Crippen LogP contribution in [0.5, 0.6) is 0 Å². The molecule has 1 amide bonds. The highest BCUT2D eigenvalue weighted by Gasteiger charge is 2.54. The number of ketones is 1. The molecule has 0 spiro atoms. The van der Waals surface area contributed by atoms with Crippen molar-refractivity contribution >= 4 is 23.3 Å². The summed E-state index contributed by atoms with van der Waals surface area (Å²) in [4.78, 5) is 38.4. The number of ether oxygens (including phenoxy) is 1. The molecule has 2 aliphatic carbocycles. The first kappa shape index (κ1) is 20.3.